The SMILES string of the molecule is CCNS(=O)(=O)CCNC(CC)c1ccc(Cl)cc1. The minimum atomic E-state index is -3.16. The molecule has 0 radical (unpaired) electrons. The Bertz CT molecular complexity index is 474. The number of hydrogen-bond donors (Lipinski definition) is 2. The Morgan fingerprint density at radius 1 is 1.21 bits per heavy atom. The number of sulfonamides is 1. The summed E-state index contributed by atoms with van der Waals surface area (Å²) in [7, 11) is -3.16. The molecule has 1 aromatic rings. The van der Waals surface area contributed by atoms with E-state index in [-0.39, 0.29) is 11.8 Å². The summed E-state index contributed by atoms with van der Waals surface area (Å²) in [6.07, 6.45) is 0.892. The van der Waals surface area contributed by atoms with E-state index >= 15 is 0 Å². The minimum absolute atomic E-state index is 0.0882. The molecule has 6 heteroatoms. The van der Waals surface area contributed by atoms with Crippen molar-refractivity contribution in [3.8, 4) is 0 Å². The fourth-order valence-electron chi connectivity index (χ4n) is 1.85. The molecule has 1 unspecified atom stereocenters. The Morgan fingerprint density at radius 2 is 1.84 bits per heavy atom. The van der Waals surface area contributed by atoms with E-state index in [9.17, 15) is 8.42 Å². The molecule has 0 saturated heterocycles. The highest BCUT2D eigenvalue weighted by molar-refractivity contribution is 7.89. The standard InChI is InChI=1S/C13H21ClN2O2S/c1-3-13(11-5-7-12(14)8-6-11)15-9-10-19(17,18)16-4-2/h5-8,13,15-16H,3-4,9-10H2,1-2H3. The summed E-state index contributed by atoms with van der Waals surface area (Å²) < 4.78 is 25.5. The van der Waals surface area contributed by atoms with Gasteiger partial charge in [0.05, 0.1) is 5.75 Å². The largest absolute Gasteiger partial charge is 0.309 e. The van der Waals surface area contributed by atoms with Crippen molar-refractivity contribution in [3.05, 3.63) is 34.9 Å². The number of nitrogens with one attached hydrogen (secondary N) is 2. The smallest absolute Gasteiger partial charge is 0.212 e. The molecule has 0 aliphatic rings. The van der Waals surface area contributed by atoms with Gasteiger partial charge in [-0.05, 0) is 24.1 Å². The zero-order valence-corrected chi connectivity index (χ0v) is 12.9. The topological polar surface area (TPSA) is 58.2 Å². The van der Waals surface area contributed by atoms with Gasteiger partial charge in [-0.1, -0.05) is 37.6 Å². The molecule has 0 fully saturated rings. The van der Waals surface area contributed by atoms with Gasteiger partial charge in [0.15, 0.2) is 0 Å². The van der Waals surface area contributed by atoms with Gasteiger partial charge in [-0.2, -0.15) is 0 Å². The van der Waals surface area contributed by atoms with Crippen molar-refractivity contribution in [2.45, 2.75) is 26.3 Å². The Labute approximate surface area is 120 Å². The van der Waals surface area contributed by atoms with Crippen LogP contribution in [0.25, 0.3) is 0 Å². The predicted octanol–water partition coefficient (Wildman–Crippen LogP) is 2.32. The van der Waals surface area contributed by atoms with Gasteiger partial charge in [0.25, 0.3) is 0 Å². The summed E-state index contributed by atoms with van der Waals surface area (Å²) in [5, 5.41) is 3.96. The first-order chi connectivity index (χ1) is 8.98. The molecular formula is C13H21ClN2O2S. The lowest BCUT2D eigenvalue weighted by Crippen LogP contribution is -2.33. The molecule has 0 bridgehead atoms. The van der Waals surface area contributed by atoms with Gasteiger partial charge in [0, 0.05) is 24.2 Å². The van der Waals surface area contributed by atoms with E-state index in [1.54, 1.807) is 6.92 Å². The molecule has 0 heterocycles. The predicted molar refractivity (Wildman–Crippen MR) is 80.0 cm³/mol. The lowest BCUT2D eigenvalue weighted by Gasteiger charge is -2.17. The van der Waals surface area contributed by atoms with Crippen LogP contribution in [0.5, 0.6) is 0 Å². The minimum Gasteiger partial charge on any atom is -0.309 e. The molecule has 19 heavy (non-hydrogen) atoms. The van der Waals surface area contributed by atoms with E-state index in [1.807, 2.05) is 24.3 Å². The van der Waals surface area contributed by atoms with Crippen LogP contribution in [0.15, 0.2) is 24.3 Å². The molecule has 0 spiro atoms. The second kappa shape index (κ2) is 7.85. The normalized spacial score (nSPS) is 13.4. The lowest BCUT2D eigenvalue weighted by molar-refractivity contribution is 0.529. The van der Waals surface area contributed by atoms with Crippen molar-refractivity contribution in [2.75, 3.05) is 18.8 Å². The molecule has 4 nitrogen and oxygen atoms in total. The van der Waals surface area contributed by atoms with Gasteiger partial charge in [0.1, 0.15) is 0 Å². The zero-order valence-electron chi connectivity index (χ0n) is 11.3. The van der Waals surface area contributed by atoms with Gasteiger partial charge >= 0.3 is 0 Å². The molecule has 2 N–H and O–H groups in total. The summed E-state index contributed by atoms with van der Waals surface area (Å²) >= 11 is 5.85. The third-order valence-corrected chi connectivity index (χ3v) is 4.53. The van der Waals surface area contributed by atoms with Gasteiger partial charge in [-0.3, -0.25) is 0 Å². The van der Waals surface area contributed by atoms with Crippen LogP contribution >= 0.6 is 11.6 Å². The molecule has 0 aliphatic heterocycles. The van der Waals surface area contributed by atoms with Crippen molar-refractivity contribution >= 4 is 21.6 Å². The van der Waals surface area contributed by atoms with E-state index in [2.05, 4.69) is 17.0 Å². The molecule has 0 amide bonds. The van der Waals surface area contributed by atoms with Crippen molar-refractivity contribution in [2.24, 2.45) is 0 Å². The van der Waals surface area contributed by atoms with Crippen molar-refractivity contribution in [1.29, 1.82) is 0 Å². The molecule has 1 rings (SSSR count). The quantitative estimate of drug-likeness (QED) is 0.775. The van der Waals surface area contributed by atoms with Crippen LogP contribution in [0.4, 0.5) is 0 Å². The number of benzene rings is 1. The first-order valence-corrected chi connectivity index (χ1v) is 8.47. The lowest BCUT2D eigenvalue weighted by atomic mass is 10.1. The van der Waals surface area contributed by atoms with Crippen LogP contribution in [0.3, 0.4) is 0 Å². The van der Waals surface area contributed by atoms with Gasteiger partial charge in [-0.15, -0.1) is 0 Å². The Morgan fingerprint density at radius 3 is 2.37 bits per heavy atom. The first-order valence-electron chi connectivity index (χ1n) is 6.44. The zero-order chi connectivity index (χ0) is 14.3. The van der Waals surface area contributed by atoms with Crippen molar-refractivity contribution in [1.82, 2.24) is 10.0 Å². The van der Waals surface area contributed by atoms with Crippen LogP contribution in [0.1, 0.15) is 31.9 Å². The van der Waals surface area contributed by atoms with Crippen molar-refractivity contribution in [3.63, 3.8) is 0 Å². The third-order valence-electron chi connectivity index (χ3n) is 2.81. The third kappa shape index (κ3) is 5.91. The Balaban J connectivity index is 2.52. The highest BCUT2D eigenvalue weighted by Gasteiger charge is 2.12. The van der Waals surface area contributed by atoms with Gasteiger partial charge in [-0.25, -0.2) is 13.1 Å². The monoisotopic (exact) mass is 304 g/mol. The fraction of sp³-hybridized carbons (Fsp3) is 0.538. The molecular weight excluding hydrogens is 284 g/mol. The average molecular weight is 305 g/mol. The maximum absolute atomic E-state index is 11.5. The second-order valence-electron chi connectivity index (χ2n) is 4.28. The van der Waals surface area contributed by atoms with E-state index in [4.69, 9.17) is 11.6 Å². The van der Waals surface area contributed by atoms with Gasteiger partial charge in [0.2, 0.25) is 10.0 Å². The number of halogens is 1. The van der Waals surface area contributed by atoms with E-state index < -0.39 is 10.0 Å². The highest BCUT2D eigenvalue weighted by Crippen LogP contribution is 2.18. The van der Waals surface area contributed by atoms with Crippen LogP contribution in [-0.4, -0.2) is 27.3 Å². The maximum atomic E-state index is 11.5. The summed E-state index contributed by atoms with van der Waals surface area (Å²) in [5.41, 5.74) is 1.12. The summed E-state index contributed by atoms with van der Waals surface area (Å²) in [4.78, 5) is 0. The van der Waals surface area contributed by atoms with Crippen LogP contribution in [0, 0.1) is 0 Å². The van der Waals surface area contributed by atoms with E-state index in [1.165, 1.54) is 0 Å². The number of hydrogen-bond acceptors (Lipinski definition) is 3. The molecule has 1 atom stereocenters. The van der Waals surface area contributed by atoms with E-state index in [0.717, 1.165) is 12.0 Å². The molecule has 0 aliphatic carbocycles. The number of rotatable bonds is 8. The molecule has 1 aromatic carbocycles. The summed E-state index contributed by atoms with van der Waals surface area (Å²) in [6, 6.07) is 7.76. The highest BCUT2D eigenvalue weighted by atomic mass is 35.5. The Hall–Kier alpha value is -0.620. The first kappa shape index (κ1) is 16.4. The van der Waals surface area contributed by atoms with Crippen LogP contribution in [-0.2, 0) is 10.0 Å². The second-order valence-corrected chi connectivity index (χ2v) is 6.65. The average Bonchev–Trinajstić information content (AvgIpc) is 2.36. The maximum Gasteiger partial charge on any atom is 0.212 e. The fourth-order valence-corrected chi connectivity index (χ4v) is 2.95. The molecule has 108 valence electrons. The van der Waals surface area contributed by atoms with Crippen LogP contribution < -0.4 is 10.0 Å². The summed E-state index contributed by atoms with van der Waals surface area (Å²) in [6.45, 7) is 4.69. The van der Waals surface area contributed by atoms with Crippen molar-refractivity contribution < 1.29 is 8.42 Å². The summed E-state index contributed by atoms with van der Waals surface area (Å²) in [5.74, 6) is 0.0882. The van der Waals surface area contributed by atoms with Gasteiger partial charge < -0.3 is 5.32 Å². The van der Waals surface area contributed by atoms with Crippen LogP contribution in [0.2, 0.25) is 5.02 Å². The van der Waals surface area contributed by atoms with E-state index in [0.29, 0.717) is 18.1 Å². The Kier molecular flexibility index (Phi) is 6.79. The molecule has 0 aromatic heterocycles. The molecule has 0 saturated carbocycles.